The first-order valence-corrected chi connectivity index (χ1v) is 6.91. The van der Waals surface area contributed by atoms with E-state index in [1.54, 1.807) is 18.2 Å². The van der Waals surface area contributed by atoms with E-state index in [9.17, 15) is 9.90 Å². The number of benzene rings is 1. The predicted molar refractivity (Wildman–Crippen MR) is 79.6 cm³/mol. The van der Waals surface area contributed by atoms with Crippen molar-refractivity contribution in [2.75, 3.05) is 11.9 Å². The summed E-state index contributed by atoms with van der Waals surface area (Å²) in [5, 5.41) is 12.1. The number of hydrogen-bond donors (Lipinski definition) is 3. The van der Waals surface area contributed by atoms with E-state index >= 15 is 0 Å². The summed E-state index contributed by atoms with van der Waals surface area (Å²) in [7, 11) is 0. The van der Waals surface area contributed by atoms with Gasteiger partial charge in [0.05, 0.1) is 19.3 Å². The minimum absolute atomic E-state index is 0.142. The average Bonchev–Trinajstić information content (AvgIpc) is 2.39. The Labute approximate surface area is 120 Å². The quantitative estimate of drug-likeness (QED) is 0.712. The van der Waals surface area contributed by atoms with Crippen molar-refractivity contribution in [3.63, 3.8) is 0 Å². The van der Waals surface area contributed by atoms with E-state index < -0.39 is 6.04 Å². The molecule has 0 aromatic heterocycles. The Morgan fingerprint density at radius 2 is 2.15 bits per heavy atom. The van der Waals surface area contributed by atoms with E-state index in [-0.39, 0.29) is 12.5 Å². The molecule has 0 fully saturated rings. The van der Waals surface area contributed by atoms with Gasteiger partial charge in [0.1, 0.15) is 5.75 Å². The van der Waals surface area contributed by atoms with Crippen molar-refractivity contribution >= 4 is 11.6 Å². The first-order valence-electron chi connectivity index (χ1n) is 6.91. The number of nitrogens with two attached hydrogens (primary N) is 1. The maximum atomic E-state index is 11.9. The van der Waals surface area contributed by atoms with E-state index in [1.165, 1.54) is 0 Å². The molecule has 0 aliphatic heterocycles. The monoisotopic (exact) mass is 280 g/mol. The summed E-state index contributed by atoms with van der Waals surface area (Å²) in [4.78, 5) is 11.9. The molecule has 1 atom stereocenters. The number of carbonyl (C=O) groups is 1. The van der Waals surface area contributed by atoms with Crippen molar-refractivity contribution < 1.29 is 14.6 Å². The van der Waals surface area contributed by atoms with Gasteiger partial charge in [-0.2, -0.15) is 0 Å². The summed E-state index contributed by atoms with van der Waals surface area (Å²) in [5.74, 6) is 0.773. The fourth-order valence-corrected chi connectivity index (χ4v) is 1.93. The third kappa shape index (κ3) is 4.83. The number of aliphatic hydroxyl groups excluding tert-OH is 1. The number of anilines is 1. The molecular formula is C15H24N2O3. The Kier molecular flexibility index (Phi) is 6.48. The highest BCUT2D eigenvalue weighted by atomic mass is 16.5. The topological polar surface area (TPSA) is 84.6 Å². The number of aliphatic hydroxyl groups is 1. The van der Waals surface area contributed by atoms with Crippen LogP contribution < -0.4 is 15.8 Å². The van der Waals surface area contributed by atoms with Gasteiger partial charge < -0.3 is 20.9 Å². The smallest absolute Gasteiger partial charge is 0.241 e. The van der Waals surface area contributed by atoms with Gasteiger partial charge in [-0.1, -0.05) is 13.8 Å². The molecular weight excluding hydrogens is 256 g/mol. The zero-order valence-corrected chi connectivity index (χ0v) is 12.3. The van der Waals surface area contributed by atoms with Gasteiger partial charge in [-0.15, -0.1) is 0 Å². The average molecular weight is 280 g/mol. The summed E-state index contributed by atoms with van der Waals surface area (Å²) in [5.41, 5.74) is 7.08. The number of nitrogens with one attached hydrogen (secondary N) is 1. The minimum atomic E-state index is -0.529. The Morgan fingerprint density at radius 3 is 2.70 bits per heavy atom. The van der Waals surface area contributed by atoms with E-state index in [2.05, 4.69) is 5.32 Å². The van der Waals surface area contributed by atoms with Gasteiger partial charge in [0.25, 0.3) is 0 Å². The van der Waals surface area contributed by atoms with Crippen LogP contribution in [0.4, 0.5) is 5.69 Å². The van der Waals surface area contributed by atoms with Crippen LogP contribution in [0.2, 0.25) is 0 Å². The van der Waals surface area contributed by atoms with E-state index in [4.69, 9.17) is 10.5 Å². The third-order valence-corrected chi connectivity index (χ3v) is 2.86. The molecule has 0 saturated carbocycles. The first-order chi connectivity index (χ1) is 9.47. The highest BCUT2D eigenvalue weighted by molar-refractivity contribution is 5.94. The van der Waals surface area contributed by atoms with E-state index in [0.29, 0.717) is 35.9 Å². The fraction of sp³-hybridized carbons (Fsp3) is 0.533. The molecule has 1 rings (SSSR count). The molecule has 5 nitrogen and oxygen atoms in total. The number of carbonyl (C=O) groups excluding carboxylic acids is 1. The number of ether oxygens (including phenoxy) is 1. The molecule has 0 saturated heterocycles. The van der Waals surface area contributed by atoms with Crippen molar-refractivity contribution in [3.05, 3.63) is 23.8 Å². The maximum absolute atomic E-state index is 11.9. The maximum Gasteiger partial charge on any atom is 0.241 e. The second-order valence-corrected chi connectivity index (χ2v) is 5.14. The fourth-order valence-electron chi connectivity index (χ4n) is 1.93. The van der Waals surface area contributed by atoms with Crippen molar-refractivity contribution in [2.24, 2.45) is 11.7 Å². The second-order valence-electron chi connectivity index (χ2n) is 5.14. The van der Waals surface area contributed by atoms with Crippen LogP contribution >= 0.6 is 0 Å². The minimum Gasteiger partial charge on any atom is -0.494 e. The van der Waals surface area contributed by atoms with Crippen LogP contribution in [0.15, 0.2) is 18.2 Å². The summed E-state index contributed by atoms with van der Waals surface area (Å²) in [6, 6.07) is 4.65. The molecule has 4 N–H and O–H groups in total. The molecule has 0 spiro atoms. The summed E-state index contributed by atoms with van der Waals surface area (Å²) in [6.07, 6.45) is 0.635. The molecule has 0 radical (unpaired) electrons. The van der Waals surface area contributed by atoms with Crippen LogP contribution in [-0.4, -0.2) is 23.7 Å². The lowest BCUT2D eigenvalue weighted by molar-refractivity contribution is -0.117. The third-order valence-electron chi connectivity index (χ3n) is 2.86. The summed E-state index contributed by atoms with van der Waals surface area (Å²) < 4.78 is 5.39. The Bertz CT molecular complexity index is 447. The predicted octanol–water partition coefficient (Wildman–Crippen LogP) is 1.89. The lowest BCUT2D eigenvalue weighted by atomic mass is 10.0. The summed E-state index contributed by atoms with van der Waals surface area (Å²) in [6.45, 7) is 6.30. The van der Waals surface area contributed by atoms with Crippen LogP contribution in [0.25, 0.3) is 0 Å². The molecule has 1 unspecified atom stereocenters. The highest BCUT2D eigenvalue weighted by Crippen LogP contribution is 2.23. The standard InChI is InChI=1S/C15H24N2O3/c1-4-20-14-6-5-12(8-11(14)9-18)17-15(19)13(16)7-10(2)3/h5-6,8,10,13,18H,4,7,9,16H2,1-3H3,(H,17,19). The molecule has 5 heteroatoms. The molecule has 112 valence electrons. The highest BCUT2D eigenvalue weighted by Gasteiger charge is 2.15. The van der Waals surface area contributed by atoms with Crippen molar-refractivity contribution in [1.82, 2.24) is 0 Å². The van der Waals surface area contributed by atoms with Crippen LogP contribution in [0.5, 0.6) is 5.75 Å². The van der Waals surface area contributed by atoms with Gasteiger partial charge in [0.15, 0.2) is 0 Å². The molecule has 0 heterocycles. The van der Waals surface area contributed by atoms with Crippen LogP contribution in [0.3, 0.4) is 0 Å². The Morgan fingerprint density at radius 1 is 1.45 bits per heavy atom. The van der Waals surface area contributed by atoms with Gasteiger partial charge in [-0.25, -0.2) is 0 Å². The number of hydrogen-bond acceptors (Lipinski definition) is 4. The van der Waals surface area contributed by atoms with Crippen molar-refractivity contribution in [1.29, 1.82) is 0 Å². The van der Waals surface area contributed by atoms with E-state index in [0.717, 1.165) is 0 Å². The number of amides is 1. The largest absolute Gasteiger partial charge is 0.494 e. The number of rotatable bonds is 7. The Hall–Kier alpha value is -1.59. The lowest BCUT2D eigenvalue weighted by Gasteiger charge is -2.15. The second kappa shape index (κ2) is 7.87. The molecule has 1 aromatic carbocycles. The molecule has 1 amide bonds. The van der Waals surface area contributed by atoms with Gasteiger partial charge in [-0.3, -0.25) is 4.79 Å². The molecule has 1 aromatic rings. The SMILES string of the molecule is CCOc1ccc(NC(=O)C(N)CC(C)C)cc1CO. The van der Waals surface area contributed by atoms with Gasteiger partial charge in [-0.05, 0) is 37.5 Å². The Balaban J connectivity index is 2.75. The first kappa shape index (κ1) is 16.5. The van der Waals surface area contributed by atoms with Gasteiger partial charge >= 0.3 is 0 Å². The van der Waals surface area contributed by atoms with Crippen LogP contribution in [0, 0.1) is 5.92 Å². The van der Waals surface area contributed by atoms with Crippen LogP contribution in [-0.2, 0) is 11.4 Å². The zero-order valence-electron chi connectivity index (χ0n) is 12.3. The molecule has 0 aliphatic carbocycles. The van der Waals surface area contributed by atoms with Crippen molar-refractivity contribution in [3.8, 4) is 5.75 Å². The molecule has 0 aliphatic rings. The normalized spacial score (nSPS) is 12.3. The lowest BCUT2D eigenvalue weighted by Crippen LogP contribution is -2.36. The van der Waals surface area contributed by atoms with E-state index in [1.807, 2.05) is 20.8 Å². The van der Waals surface area contributed by atoms with Crippen LogP contribution in [0.1, 0.15) is 32.8 Å². The molecule has 0 bridgehead atoms. The summed E-state index contributed by atoms with van der Waals surface area (Å²) >= 11 is 0. The van der Waals surface area contributed by atoms with Gasteiger partial charge in [0, 0.05) is 11.3 Å². The molecule has 20 heavy (non-hydrogen) atoms. The van der Waals surface area contributed by atoms with Gasteiger partial charge in [0.2, 0.25) is 5.91 Å². The zero-order chi connectivity index (χ0) is 15.1. The van der Waals surface area contributed by atoms with Crippen molar-refractivity contribution in [2.45, 2.75) is 39.8 Å².